The molecule has 0 unspecified atom stereocenters. The van der Waals surface area contributed by atoms with E-state index in [9.17, 15) is 9.90 Å². The van der Waals surface area contributed by atoms with E-state index in [1.54, 1.807) is 16.6 Å². The number of hydrogen-bond acceptors (Lipinski definition) is 4. The molecule has 0 spiro atoms. The molecule has 0 radical (unpaired) electrons. The zero-order valence-electron chi connectivity index (χ0n) is 15.3. The van der Waals surface area contributed by atoms with Gasteiger partial charge in [0.25, 0.3) is 0 Å². The van der Waals surface area contributed by atoms with Crippen LogP contribution in [-0.2, 0) is 7.05 Å². The molecule has 24 heavy (non-hydrogen) atoms. The lowest BCUT2D eigenvalue weighted by molar-refractivity contribution is 0.0564. The molecule has 1 aromatic rings. The maximum Gasteiger partial charge on any atom is 0.317 e. The van der Waals surface area contributed by atoms with Crippen molar-refractivity contribution in [2.24, 2.45) is 13.0 Å². The van der Waals surface area contributed by atoms with Crippen LogP contribution in [-0.4, -0.2) is 71.1 Å². The second kappa shape index (κ2) is 8.48. The fourth-order valence-electron chi connectivity index (χ4n) is 3.37. The zero-order chi connectivity index (χ0) is 17.7. The van der Waals surface area contributed by atoms with Crippen molar-refractivity contribution in [1.82, 2.24) is 24.9 Å². The highest BCUT2D eigenvalue weighted by Gasteiger charge is 2.26. The number of carbonyl (C=O) groups excluding carboxylic acids is 1. The summed E-state index contributed by atoms with van der Waals surface area (Å²) in [4.78, 5) is 16.1. The van der Waals surface area contributed by atoms with Gasteiger partial charge < -0.3 is 20.2 Å². The lowest BCUT2D eigenvalue weighted by atomic mass is 9.86. The van der Waals surface area contributed by atoms with Crippen molar-refractivity contribution in [1.29, 1.82) is 0 Å². The molecule has 0 aliphatic heterocycles. The van der Waals surface area contributed by atoms with Crippen LogP contribution in [0.1, 0.15) is 37.3 Å². The summed E-state index contributed by atoms with van der Waals surface area (Å²) in [6.45, 7) is 1.13. The van der Waals surface area contributed by atoms with Gasteiger partial charge in [-0.05, 0) is 26.9 Å². The predicted octanol–water partition coefficient (Wildman–Crippen LogP) is 1.22. The van der Waals surface area contributed by atoms with E-state index in [-0.39, 0.29) is 24.1 Å². The second-order valence-electron chi connectivity index (χ2n) is 7.11. The first kappa shape index (κ1) is 18.7. The smallest absolute Gasteiger partial charge is 0.317 e. The van der Waals surface area contributed by atoms with Crippen molar-refractivity contribution in [3.05, 3.63) is 18.0 Å². The Morgan fingerprint density at radius 1 is 1.42 bits per heavy atom. The molecule has 1 aliphatic carbocycles. The van der Waals surface area contributed by atoms with Gasteiger partial charge in [-0.3, -0.25) is 4.68 Å². The number of rotatable bonds is 6. The van der Waals surface area contributed by atoms with Crippen molar-refractivity contribution in [3.63, 3.8) is 0 Å². The Bertz CT molecular complexity index is 531. The Balaban J connectivity index is 1.85. The summed E-state index contributed by atoms with van der Waals surface area (Å²) in [6.07, 6.45) is 7.60. The van der Waals surface area contributed by atoms with Gasteiger partial charge in [0.05, 0.1) is 18.3 Å². The highest BCUT2D eigenvalue weighted by Crippen LogP contribution is 2.25. The standard InChI is InChI=1S/C17H31N5O2/c1-20(2)15(14-9-19-22(4)12-14)10-18-17(24)21(3)11-13-7-5-6-8-16(13)23/h9,12-13,15-16,23H,5-8,10-11H2,1-4H3,(H,18,24)/t13-,15+,16-/m0/s1. The Hall–Kier alpha value is -1.60. The van der Waals surface area contributed by atoms with Crippen LogP contribution >= 0.6 is 0 Å². The van der Waals surface area contributed by atoms with Gasteiger partial charge in [-0.25, -0.2) is 4.79 Å². The summed E-state index contributed by atoms with van der Waals surface area (Å²) >= 11 is 0. The molecule has 7 heteroatoms. The third-order valence-corrected chi connectivity index (χ3v) is 4.90. The summed E-state index contributed by atoms with van der Waals surface area (Å²) in [5.41, 5.74) is 1.08. The van der Waals surface area contributed by atoms with Gasteiger partial charge in [0.2, 0.25) is 0 Å². The van der Waals surface area contributed by atoms with Gasteiger partial charge in [0.15, 0.2) is 0 Å². The third kappa shape index (κ3) is 4.95. The normalized spacial score (nSPS) is 22.4. The molecule has 0 aromatic carbocycles. The third-order valence-electron chi connectivity index (χ3n) is 4.90. The van der Waals surface area contributed by atoms with E-state index in [1.807, 2.05) is 33.5 Å². The van der Waals surface area contributed by atoms with Gasteiger partial charge in [-0.1, -0.05) is 12.8 Å². The molecule has 1 aliphatic rings. The van der Waals surface area contributed by atoms with Gasteiger partial charge >= 0.3 is 6.03 Å². The molecular weight excluding hydrogens is 306 g/mol. The molecule has 1 saturated carbocycles. The first-order valence-corrected chi connectivity index (χ1v) is 8.70. The topological polar surface area (TPSA) is 73.6 Å². The average molecular weight is 337 g/mol. The van der Waals surface area contributed by atoms with Crippen LogP contribution in [0.4, 0.5) is 4.79 Å². The molecule has 0 saturated heterocycles. The first-order valence-electron chi connectivity index (χ1n) is 8.70. The number of amides is 2. The number of aromatic nitrogens is 2. The van der Waals surface area contributed by atoms with E-state index in [0.29, 0.717) is 13.1 Å². The maximum absolute atomic E-state index is 12.4. The Morgan fingerprint density at radius 2 is 2.12 bits per heavy atom. The Kier molecular flexibility index (Phi) is 6.62. The Morgan fingerprint density at radius 3 is 2.71 bits per heavy atom. The number of aliphatic hydroxyl groups excluding tert-OH is 1. The van der Waals surface area contributed by atoms with Gasteiger partial charge in [-0.2, -0.15) is 5.10 Å². The molecular formula is C17H31N5O2. The monoisotopic (exact) mass is 337 g/mol. The van der Waals surface area contributed by atoms with E-state index in [0.717, 1.165) is 31.2 Å². The van der Waals surface area contributed by atoms with Crippen LogP contribution in [0.5, 0.6) is 0 Å². The van der Waals surface area contributed by atoms with Crippen molar-refractivity contribution >= 4 is 6.03 Å². The van der Waals surface area contributed by atoms with Gasteiger partial charge in [0.1, 0.15) is 0 Å². The predicted molar refractivity (Wildman–Crippen MR) is 93.6 cm³/mol. The summed E-state index contributed by atoms with van der Waals surface area (Å²) in [6, 6.07) is -0.0140. The maximum atomic E-state index is 12.4. The molecule has 136 valence electrons. The number of aryl methyl sites for hydroxylation is 1. The number of nitrogens with one attached hydrogen (secondary N) is 1. The quantitative estimate of drug-likeness (QED) is 0.818. The lowest BCUT2D eigenvalue weighted by Crippen LogP contribution is -2.45. The SMILES string of the molecule is CN(C[C@@H]1CCCC[C@@H]1O)C(=O)NC[C@H](c1cnn(C)c1)N(C)C. The molecule has 1 fully saturated rings. The number of likely N-dealkylation sites (N-methyl/N-ethyl adjacent to an activating group) is 1. The Labute approximate surface area is 144 Å². The molecule has 3 atom stereocenters. The average Bonchev–Trinajstić information content (AvgIpc) is 2.95. The van der Waals surface area contributed by atoms with Crippen LogP contribution in [0.2, 0.25) is 0 Å². The van der Waals surface area contributed by atoms with E-state index < -0.39 is 0 Å². The highest BCUT2D eigenvalue weighted by molar-refractivity contribution is 5.73. The molecule has 0 bridgehead atoms. The van der Waals surface area contributed by atoms with Crippen LogP contribution in [0.15, 0.2) is 12.4 Å². The fourth-order valence-corrected chi connectivity index (χ4v) is 3.37. The minimum atomic E-state index is -0.279. The molecule has 2 rings (SSSR count). The largest absolute Gasteiger partial charge is 0.393 e. The molecule has 2 amide bonds. The number of carbonyl (C=O) groups is 1. The van der Waals surface area contributed by atoms with Crippen molar-refractivity contribution < 1.29 is 9.90 Å². The lowest BCUT2D eigenvalue weighted by Gasteiger charge is -2.31. The van der Waals surface area contributed by atoms with Crippen molar-refractivity contribution in [3.8, 4) is 0 Å². The summed E-state index contributed by atoms with van der Waals surface area (Å²) in [7, 11) is 7.67. The highest BCUT2D eigenvalue weighted by atomic mass is 16.3. The van der Waals surface area contributed by atoms with Crippen LogP contribution in [0.3, 0.4) is 0 Å². The minimum Gasteiger partial charge on any atom is -0.393 e. The molecule has 2 N–H and O–H groups in total. The van der Waals surface area contributed by atoms with Crippen LogP contribution < -0.4 is 5.32 Å². The van der Waals surface area contributed by atoms with Crippen molar-refractivity contribution in [2.75, 3.05) is 34.2 Å². The first-order chi connectivity index (χ1) is 11.4. The molecule has 1 heterocycles. The number of nitrogens with zero attached hydrogens (tertiary/aromatic N) is 4. The summed E-state index contributed by atoms with van der Waals surface area (Å²) < 4.78 is 1.77. The second-order valence-corrected chi connectivity index (χ2v) is 7.11. The number of hydrogen-bond donors (Lipinski definition) is 2. The van der Waals surface area contributed by atoms with Crippen LogP contribution in [0, 0.1) is 5.92 Å². The zero-order valence-corrected chi connectivity index (χ0v) is 15.3. The van der Waals surface area contributed by atoms with Crippen molar-refractivity contribution in [2.45, 2.75) is 37.8 Å². The summed E-state index contributed by atoms with van der Waals surface area (Å²) in [5.74, 6) is 0.192. The van der Waals surface area contributed by atoms with E-state index in [2.05, 4.69) is 15.3 Å². The van der Waals surface area contributed by atoms with E-state index >= 15 is 0 Å². The summed E-state index contributed by atoms with van der Waals surface area (Å²) in [5, 5.41) is 17.3. The minimum absolute atomic E-state index is 0.0799. The van der Waals surface area contributed by atoms with E-state index in [1.165, 1.54) is 0 Å². The number of aliphatic hydroxyl groups is 1. The van der Waals surface area contributed by atoms with E-state index in [4.69, 9.17) is 0 Å². The molecule has 1 aromatic heterocycles. The number of urea groups is 1. The fraction of sp³-hybridized carbons (Fsp3) is 0.765. The van der Waals surface area contributed by atoms with Gasteiger partial charge in [-0.15, -0.1) is 0 Å². The molecule has 7 nitrogen and oxygen atoms in total. The van der Waals surface area contributed by atoms with Crippen LogP contribution in [0.25, 0.3) is 0 Å². The van der Waals surface area contributed by atoms with Gasteiger partial charge in [0, 0.05) is 44.9 Å².